The molecule has 2 aliphatic rings. The molecule has 0 radical (unpaired) electrons. The Hall–Kier alpha value is -1.56. The molecule has 2 aliphatic heterocycles. The SMILES string of the molecule is Cc1nn(C2CCCN(C(=O)OC(C)(C)C)C2)c(C)c1C1CCNC1. The highest BCUT2D eigenvalue weighted by atomic mass is 16.6. The molecule has 1 amide bonds. The van der Waals surface area contributed by atoms with Crippen LogP contribution in [0.2, 0.25) is 0 Å². The minimum atomic E-state index is -0.453. The first kappa shape index (κ1) is 18.2. The zero-order valence-electron chi connectivity index (χ0n) is 16.3. The molecule has 0 saturated carbocycles. The van der Waals surface area contributed by atoms with Gasteiger partial charge >= 0.3 is 6.09 Å². The van der Waals surface area contributed by atoms with Crippen LogP contribution in [-0.4, -0.2) is 52.6 Å². The van der Waals surface area contributed by atoms with Gasteiger partial charge in [-0.25, -0.2) is 4.79 Å². The highest BCUT2D eigenvalue weighted by Gasteiger charge is 2.31. The van der Waals surface area contributed by atoms with Crippen molar-refractivity contribution in [1.82, 2.24) is 20.0 Å². The third-order valence-corrected chi connectivity index (χ3v) is 5.24. The maximum Gasteiger partial charge on any atom is 0.410 e. The van der Waals surface area contributed by atoms with Gasteiger partial charge in [0.05, 0.1) is 11.7 Å². The molecule has 1 aromatic heterocycles. The molecular weight excluding hydrogens is 316 g/mol. The van der Waals surface area contributed by atoms with Crippen LogP contribution in [0.25, 0.3) is 0 Å². The average molecular weight is 348 g/mol. The molecule has 0 spiro atoms. The van der Waals surface area contributed by atoms with E-state index in [1.165, 1.54) is 17.7 Å². The number of hydrogen-bond acceptors (Lipinski definition) is 4. The van der Waals surface area contributed by atoms with E-state index >= 15 is 0 Å². The van der Waals surface area contributed by atoms with E-state index in [0.717, 1.165) is 38.2 Å². The number of amides is 1. The number of likely N-dealkylation sites (tertiary alicyclic amines) is 1. The first-order valence-corrected chi connectivity index (χ1v) is 9.50. The van der Waals surface area contributed by atoms with Crippen LogP contribution in [0.5, 0.6) is 0 Å². The lowest BCUT2D eigenvalue weighted by Gasteiger charge is -2.34. The maximum atomic E-state index is 12.4. The van der Waals surface area contributed by atoms with Gasteiger partial charge < -0.3 is 15.0 Å². The zero-order valence-corrected chi connectivity index (χ0v) is 16.3. The van der Waals surface area contributed by atoms with Crippen molar-refractivity contribution in [2.45, 2.75) is 71.4 Å². The Balaban J connectivity index is 1.75. The van der Waals surface area contributed by atoms with Crippen LogP contribution in [0.3, 0.4) is 0 Å². The molecule has 3 heterocycles. The lowest BCUT2D eigenvalue weighted by atomic mass is 9.96. The summed E-state index contributed by atoms with van der Waals surface area (Å²) in [4.78, 5) is 14.3. The van der Waals surface area contributed by atoms with Crippen molar-refractivity contribution >= 4 is 6.09 Å². The number of rotatable bonds is 2. The van der Waals surface area contributed by atoms with Gasteiger partial charge in [0, 0.05) is 36.8 Å². The fourth-order valence-electron chi connectivity index (χ4n) is 4.17. The summed E-state index contributed by atoms with van der Waals surface area (Å²) >= 11 is 0. The van der Waals surface area contributed by atoms with Crippen LogP contribution >= 0.6 is 0 Å². The Labute approximate surface area is 150 Å². The second kappa shape index (κ2) is 6.98. The largest absolute Gasteiger partial charge is 0.444 e. The first-order valence-electron chi connectivity index (χ1n) is 9.50. The van der Waals surface area contributed by atoms with Gasteiger partial charge in [-0.05, 0) is 60.4 Å². The van der Waals surface area contributed by atoms with E-state index in [1.807, 2.05) is 25.7 Å². The number of carbonyl (C=O) groups excluding carboxylic acids is 1. The number of hydrogen-bond donors (Lipinski definition) is 1. The van der Waals surface area contributed by atoms with Crippen LogP contribution < -0.4 is 5.32 Å². The fourth-order valence-corrected chi connectivity index (χ4v) is 4.17. The zero-order chi connectivity index (χ0) is 18.2. The molecule has 1 N–H and O–H groups in total. The van der Waals surface area contributed by atoms with Crippen LogP contribution in [0.15, 0.2) is 0 Å². The number of nitrogens with zero attached hydrogens (tertiary/aromatic N) is 3. The molecular formula is C19H32N4O2. The van der Waals surface area contributed by atoms with Gasteiger partial charge in [0.15, 0.2) is 0 Å². The Morgan fingerprint density at radius 3 is 2.68 bits per heavy atom. The average Bonchev–Trinajstić information content (AvgIpc) is 3.14. The van der Waals surface area contributed by atoms with Gasteiger partial charge in [-0.3, -0.25) is 4.68 Å². The second-order valence-corrected chi connectivity index (χ2v) is 8.44. The molecule has 3 rings (SSSR count). The van der Waals surface area contributed by atoms with E-state index in [9.17, 15) is 4.79 Å². The van der Waals surface area contributed by atoms with Crippen molar-refractivity contribution in [2.24, 2.45) is 0 Å². The number of ether oxygens (including phenoxy) is 1. The van der Waals surface area contributed by atoms with Gasteiger partial charge in [0.2, 0.25) is 0 Å². The molecule has 25 heavy (non-hydrogen) atoms. The smallest absolute Gasteiger partial charge is 0.410 e. The van der Waals surface area contributed by atoms with Crippen molar-refractivity contribution in [1.29, 1.82) is 0 Å². The molecule has 0 bridgehead atoms. The summed E-state index contributed by atoms with van der Waals surface area (Å²) in [6.45, 7) is 13.6. The van der Waals surface area contributed by atoms with Gasteiger partial charge in [-0.2, -0.15) is 5.10 Å². The molecule has 2 saturated heterocycles. The molecule has 6 heteroatoms. The lowest BCUT2D eigenvalue weighted by Crippen LogP contribution is -2.43. The molecule has 140 valence electrons. The number of piperidine rings is 1. The number of nitrogens with one attached hydrogen (secondary N) is 1. The summed E-state index contributed by atoms with van der Waals surface area (Å²) in [6, 6.07) is 0.239. The quantitative estimate of drug-likeness (QED) is 0.892. The predicted octanol–water partition coefficient (Wildman–Crippen LogP) is 3.15. The Kier molecular flexibility index (Phi) is 5.09. The minimum absolute atomic E-state index is 0.209. The van der Waals surface area contributed by atoms with Gasteiger partial charge in [0.25, 0.3) is 0 Å². The van der Waals surface area contributed by atoms with Crippen LogP contribution in [0.4, 0.5) is 4.79 Å². The predicted molar refractivity (Wildman–Crippen MR) is 98.0 cm³/mol. The normalized spacial score (nSPS) is 24.6. The monoisotopic (exact) mass is 348 g/mol. The van der Waals surface area contributed by atoms with Gasteiger partial charge in [-0.15, -0.1) is 0 Å². The Morgan fingerprint density at radius 1 is 1.28 bits per heavy atom. The molecule has 0 aromatic carbocycles. The second-order valence-electron chi connectivity index (χ2n) is 8.44. The summed E-state index contributed by atoms with van der Waals surface area (Å²) < 4.78 is 7.72. The molecule has 2 unspecified atom stereocenters. The van der Waals surface area contributed by atoms with Gasteiger partial charge in [-0.1, -0.05) is 0 Å². The minimum Gasteiger partial charge on any atom is -0.444 e. The van der Waals surface area contributed by atoms with Crippen LogP contribution in [-0.2, 0) is 4.74 Å². The van der Waals surface area contributed by atoms with Crippen LogP contribution in [0, 0.1) is 13.8 Å². The Bertz CT molecular complexity index is 626. The summed E-state index contributed by atoms with van der Waals surface area (Å²) in [6.07, 6.45) is 3.02. The van der Waals surface area contributed by atoms with E-state index in [1.54, 1.807) is 0 Å². The number of aromatic nitrogens is 2. The molecule has 6 nitrogen and oxygen atoms in total. The molecule has 2 fully saturated rings. The molecule has 1 aromatic rings. The van der Waals surface area contributed by atoms with E-state index < -0.39 is 5.60 Å². The van der Waals surface area contributed by atoms with Crippen LogP contribution in [0.1, 0.15) is 68.9 Å². The van der Waals surface area contributed by atoms with Crippen molar-refractivity contribution in [3.63, 3.8) is 0 Å². The lowest BCUT2D eigenvalue weighted by molar-refractivity contribution is 0.0166. The van der Waals surface area contributed by atoms with E-state index in [-0.39, 0.29) is 12.1 Å². The summed E-state index contributed by atoms with van der Waals surface area (Å²) in [5.74, 6) is 0.569. The van der Waals surface area contributed by atoms with E-state index in [2.05, 4.69) is 23.8 Å². The van der Waals surface area contributed by atoms with Crippen molar-refractivity contribution in [3.05, 3.63) is 17.0 Å². The summed E-state index contributed by atoms with van der Waals surface area (Å²) in [5, 5.41) is 8.31. The maximum absolute atomic E-state index is 12.4. The molecule has 2 atom stereocenters. The highest BCUT2D eigenvalue weighted by molar-refractivity contribution is 5.68. The topological polar surface area (TPSA) is 59.4 Å². The fraction of sp³-hybridized carbons (Fsp3) is 0.789. The highest BCUT2D eigenvalue weighted by Crippen LogP contribution is 2.32. The summed E-state index contributed by atoms with van der Waals surface area (Å²) in [7, 11) is 0. The van der Waals surface area contributed by atoms with Crippen molar-refractivity contribution in [2.75, 3.05) is 26.2 Å². The summed E-state index contributed by atoms with van der Waals surface area (Å²) in [5.41, 5.74) is 3.35. The number of aryl methyl sites for hydroxylation is 1. The van der Waals surface area contributed by atoms with Crippen molar-refractivity contribution < 1.29 is 9.53 Å². The van der Waals surface area contributed by atoms with E-state index in [4.69, 9.17) is 9.84 Å². The van der Waals surface area contributed by atoms with Crippen molar-refractivity contribution in [3.8, 4) is 0 Å². The third kappa shape index (κ3) is 4.00. The first-order chi connectivity index (χ1) is 11.8. The standard InChI is InChI=1S/C19H32N4O2/c1-13-17(15-8-9-20-11-15)14(2)23(21-13)16-7-6-10-22(12-16)18(24)25-19(3,4)5/h15-16,20H,6-12H2,1-5H3. The van der Waals surface area contributed by atoms with Gasteiger partial charge in [0.1, 0.15) is 5.60 Å². The Morgan fingerprint density at radius 2 is 2.04 bits per heavy atom. The molecule has 0 aliphatic carbocycles. The number of carbonyl (C=O) groups is 1. The van der Waals surface area contributed by atoms with E-state index in [0.29, 0.717) is 12.5 Å². The third-order valence-electron chi connectivity index (χ3n) is 5.24.